The monoisotopic (exact) mass is 265 g/mol. The van der Waals surface area contributed by atoms with E-state index in [1.807, 2.05) is 13.8 Å². The number of hydrogen-bond acceptors (Lipinski definition) is 5. The molecule has 0 aliphatic carbocycles. The Balaban J connectivity index is 1.78. The molecule has 7 nitrogen and oxygen atoms in total. The third-order valence-corrected chi connectivity index (χ3v) is 2.60. The van der Waals surface area contributed by atoms with Crippen LogP contribution in [0.4, 0.5) is 5.82 Å². The van der Waals surface area contributed by atoms with Crippen LogP contribution in [0.5, 0.6) is 0 Å². The van der Waals surface area contributed by atoms with Crippen molar-refractivity contribution in [1.29, 1.82) is 0 Å². The van der Waals surface area contributed by atoms with Crippen molar-refractivity contribution in [3.63, 3.8) is 0 Å². The van der Waals surface area contributed by atoms with Crippen LogP contribution in [0.2, 0.25) is 0 Å². The number of nitrogens with one attached hydrogen (secondary N) is 2. The van der Waals surface area contributed by atoms with Gasteiger partial charge in [-0.1, -0.05) is 0 Å². The summed E-state index contributed by atoms with van der Waals surface area (Å²) >= 11 is 0. The number of fused-ring (bicyclic) bond motifs is 1. The molecule has 0 unspecified atom stereocenters. The van der Waals surface area contributed by atoms with E-state index in [-0.39, 0.29) is 11.8 Å². The van der Waals surface area contributed by atoms with Crippen LogP contribution in [0.15, 0.2) is 16.9 Å². The zero-order chi connectivity index (χ0) is 13.7. The molecule has 2 aromatic heterocycles. The van der Waals surface area contributed by atoms with Crippen molar-refractivity contribution < 1.29 is 4.74 Å². The van der Waals surface area contributed by atoms with Gasteiger partial charge in [0.25, 0.3) is 0 Å². The van der Waals surface area contributed by atoms with Crippen LogP contribution in [-0.4, -0.2) is 39.1 Å². The molecule has 0 saturated carbocycles. The highest BCUT2D eigenvalue weighted by Crippen LogP contribution is 2.03. The summed E-state index contributed by atoms with van der Waals surface area (Å²) in [6.07, 6.45) is 2.27. The number of rotatable bonds is 7. The molecule has 0 saturated heterocycles. The Morgan fingerprint density at radius 2 is 2.26 bits per heavy atom. The lowest BCUT2D eigenvalue weighted by Crippen LogP contribution is -2.14. The van der Waals surface area contributed by atoms with Crippen LogP contribution < -0.4 is 11.0 Å². The zero-order valence-corrected chi connectivity index (χ0v) is 11.2. The van der Waals surface area contributed by atoms with Crippen LogP contribution in [0, 0.1) is 0 Å². The Hall–Kier alpha value is -1.89. The topological polar surface area (TPSA) is 84.3 Å². The van der Waals surface area contributed by atoms with Gasteiger partial charge < -0.3 is 10.1 Å². The number of anilines is 1. The van der Waals surface area contributed by atoms with Crippen molar-refractivity contribution >= 4 is 11.5 Å². The molecule has 2 N–H and O–H groups in total. The second-order valence-electron chi connectivity index (χ2n) is 4.57. The molecule has 7 heteroatoms. The number of unbranched alkanes of at least 4 members (excludes halogenated alkanes) is 1. The largest absolute Gasteiger partial charge is 0.379 e. The van der Waals surface area contributed by atoms with E-state index in [2.05, 4.69) is 20.6 Å². The molecule has 0 bridgehead atoms. The SMILES string of the molecule is CC(C)OCCCCNc1ccc2n[nH]c(=O)n2n1. The predicted octanol–water partition coefficient (Wildman–Crippen LogP) is 1.03. The average Bonchev–Trinajstić information content (AvgIpc) is 2.75. The molecule has 19 heavy (non-hydrogen) atoms. The van der Waals surface area contributed by atoms with Crippen molar-refractivity contribution in [3.8, 4) is 0 Å². The Morgan fingerprint density at radius 3 is 3.05 bits per heavy atom. The maximum absolute atomic E-state index is 11.3. The fraction of sp³-hybridized carbons (Fsp3) is 0.583. The highest BCUT2D eigenvalue weighted by molar-refractivity contribution is 5.42. The minimum absolute atomic E-state index is 0.282. The standard InChI is InChI=1S/C12H19N5O2/c1-9(2)19-8-4-3-7-13-10-5-6-11-14-15-12(18)17(11)16-10/h5-6,9H,3-4,7-8H2,1-2H3,(H,13,16)(H,15,18). The van der Waals surface area contributed by atoms with Gasteiger partial charge in [-0.05, 0) is 38.8 Å². The van der Waals surface area contributed by atoms with Crippen LogP contribution in [-0.2, 0) is 4.74 Å². The normalized spacial score (nSPS) is 11.3. The van der Waals surface area contributed by atoms with Crippen molar-refractivity contribution in [2.45, 2.75) is 32.8 Å². The summed E-state index contributed by atoms with van der Waals surface area (Å²) in [5.74, 6) is 0.667. The van der Waals surface area contributed by atoms with Crippen molar-refractivity contribution in [1.82, 2.24) is 19.8 Å². The summed E-state index contributed by atoms with van der Waals surface area (Å²) in [5, 5.41) is 13.5. The number of aromatic nitrogens is 4. The van der Waals surface area contributed by atoms with Crippen LogP contribution >= 0.6 is 0 Å². The summed E-state index contributed by atoms with van der Waals surface area (Å²) in [6, 6.07) is 3.55. The van der Waals surface area contributed by atoms with Gasteiger partial charge in [0.1, 0.15) is 5.82 Å². The Labute approximate surface area is 111 Å². The molecule has 0 atom stereocenters. The van der Waals surface area contributed by atoms with E-state index in [0.29, 0.717) is 11.5 Å². The zero-order valence-electron chi connectivity index (χ0n) is 11.2. The molecule has 0 radical (unpaired) electrons. The maximum atomic E-state index is 11.3. The van der Waals surface area contributed by atoms with E-state index in [4.69, 9.17) is 4.74 Å². The molecule has 104 valence electrons. The first kappa shape index (κ1) is 13.5. The molecule has 0 amide bonds. The first-order valence-electron chi connectivity index (χ1n) is 6.47. The second-order valence-corrected chi connectivity index (χ2v) is 4.57. The van der Waals surface area contributed by atoms with Crippen molar-refractivity contribution in [2.75, 3.05) is 18.5 Å². The Morgan fingerprint density at radius 1 is 1.42 bits per heavy atom. The minimum atomic E-state index is -0.330. The van der Waals surface area contributed by atoms with E-state index in [9.17, 15) is 4.79 Å². The van der Waals surface area contributed by atoms with Gasteiger partial charge in [-0.15, -0.1) is 5.10 Å². The molecular formula is C12H19N5O2. The quantitative estimate of drug-likeness (QED) is 0.731. The molecule has 2 rings (SSSR count). The van der Waals surface area contributed by atoms with Gasteiger partial charge in [0.05, 0.1) is 6.10 Å². The van der Waals surface area contributed by atoms with Crippen LogP contribution in [0.3, 0.4) is 0 Å². The van der Waals surface area contributed by atoms with Gasteiger partial charge in [0.15, 0.2) is 5.65 Å². The van der Waals surface area contributed by atoms with Gasteiger partial charge in [-0.2, -0.15) is 9.61 Å². The Kier molecular flexibility index (Phi) is 4.51. The first-order valence-corrected chi connectivity index (χ1v) is 6.47. The van der Waals surface area contributed by atoms with Crippen molar-refractivity contribution in [2.24, 2.45) is 0 Å². The molecule has 0 aromatic carbocycles. The molecule has 0 spiro atoms. The maximum Gasteiger partial charge on any atom is 0.364 e. The van der Waals surface area contributed by atoms with Gasteiger partial charge in [0, 0.05) is 13.2 Å². The lowest BCUT2D eigenvalue weighted by Gasteiger charge is -2.08. The summed E-state index contributed by atoms with van der Waals surface area (Å²) in [7, 11) is 0. The summed E-state index contributed by atoms with van der Waals surface area (Å²) in [6.45, 7) is 5.62. The van der Waals surface area contributed by atoms with E-state index in [1.165, 1.54) is 4.52 Å². The molecule has 0 aliphatic rings. The third-order valence-electron chi connectivity index (χ3n) is 2.60. The van der Waals surface area contributed by atoms with Gasteiger partial charge >= 0.3 is 5.69 Å². The fourth-order valence-electron chi connectivity index (χ4n) is 1.66. The molecule has 0 fully saturated rings. The Bertz CT molecular complexity index is 575. The lowest BCUT2D eigenvalue weighted by molar-refractivity contribution is 0.0765. The molecule has 2 heterocycles. The van der Waals surface area contributed by atoms with E-state index < -0.39 is 0 Å². The van der Waals surface area contributed by atoms with Gasteiger partial charge in [-0.25, -0.2) is 9.89 Å². The molecule has 2 aromatic rings. The summed E-state index contributed by atoms with van der Waals surface area (Å²) < 4.78 is 6.70. The van der Waals surface area contributed by atoms with Gasteiger partial charge in [-0.3, -0.25) is 0 Å². The second kappa shape index (κ2) is 6.33. The van der Waals surface area contributed by atoms with Gasteiger partial charge in [0.2, 0.25) is 0 Å². The molecular weight excluding hydrogens is 246 g/mol. The minimum Gasteiger partial charge on any atom is -0.379 e. The van der Waals surface area contributed by atoms with E-state index in [1.54, 1.807) is 12.1 Å². The third kappa shape index (κ3) is 3.78. The smallest absolute Gasteiger partial charge is 0.364 e. The fourth-order valence-corrected chi connectivity index (χ4v) is 1.66. The number of hydrogen-bond donors (Lipinski definition) is 2. The van der Waals surface area contributed by atoms with Crippen LogP contribution in [0.1, 0.15) is 26.7 Å². The molecule has 0 aliphatic heterocycles. The average molecular weight is 265 g/mol. The predicted molar refractivity (Wildman–Crippen MR) is 72.4 cm³/mol. The number of ether oxygens (including phenoxy) is 1. The summed E-state index contributed by atoms with van der Waals surface area (Å²) in [4.78, 5) is 11.3. The number of H-pyrrole nitrogens is 1. The highest BCUT2D eigenvalue weighted by atomic mass is 16.5. The van der Waals surface area contributed by atoms with Crippen LogP contribution in [0.25, 0.3) is 5.65 Å². The van der Waals surface area contributed by atoms with E-state index >= 15 is 0 Å². The van der Waals surface area contributed by atoms with Crippen molar-refractivity contribution in [3.05, 3.63) is 22.6 Å². The number of nitrogens with zero attached hydrogens (tertiary/aromatic N) is 3. The van der Waals surface area contributed by atoms with E-state index in [0.717, 1.165) is 26.0 Å². The first-order chi connectivity index (χ1) is 9.16. The summed E-state index contributed by atoms with van der Waals surface area (Å²) in [5.41, 5.74) is 0.185. The number of aromatic amines is 1. The highest BCUT2D eigenvalue weighted by Gasteiger charge is 2.02. The lowest BCUT2D eigenvalue weighted by atomic mass is 10.3.